The van der Waals surface area contributed by atoms with Crippen LogP contribution in [-0.2, 0) is 4.74 Å². The van der Waals surface area contributed by atoms with Crippen molar-refractivity contribution in [1.82, 2.24) is 0 Å². The second-order valence-electron chi connectivity index (χ2n) is 10.7. The zero-order valence-electron chi connectivity index (χ0n) is 21.1. The van der Waals surface area contributed by atoms with Crippen molar-refractivity contribution >= 4 is 5.69 Å². The molecule has 1 saturated carbocycles. The molecule has 1 aromatic carbocycles. The van der Waals surface area contributed by atoms with Crippen molar-refractivity contribution in [2.24, 2.45) is 16.7 Å². The van der Waals surface area contributed by atoms with E-state index >= 15 is 0 Å². The highest BCUT2D eigenvalue weighted by Gasteiger charge is 2.71. The van der Waals surface area contributed by atoms with E-state index < -0.39 is 0 Å². The van der Waals surface area contributed by atoms with Crippen LogP contribution in [0.5, 0.6) is 5.95 Å². The van der Waals surface area contributed by atoms with E-state index in [1.807, 2.05) is 12.1 Å². The predicted octanol–water partition coefficient (Wildman–Crippen LogP) is 5.62. The maximum Gasteiger partial charge on any atom is 0.291 e. The fourth-order valence-corrected chi connectivity index (χ4v) is 7.58. The summed E-state index contributed by atoms with van der Waals surface area (Å²) in [6, 6.07) is 7.35. The SMILES string of the molecule is COc1oc(C2CC3(CO2)C2C(C)=CC(C)=CC2(C)C3c2ccc(N(O)O)cc2)c(C)c(=O)c1C. The molecule has 5 atom stereocenters. The molecule has 5 unspecified atom stereocenters. The third-order valence-electron chi connectivity index (χ3n) is 8.46. The third kappa shape index (κ3) is 3.33. The summed E-state index contributed by atoms with van der Waals surface area (Å²) >= 11 is 0. The number of benzene rings is 1. The van der Waals surface area contributed by atoms with Gasteiger partial charge in [0, 0.05) is 22.3 Å². The van der Waals surface area contributed by atoms with E-state index in [-0.39, 0.29) is 45.4 Å². The Balaban J connectivity index is 1.59. The number of hydrogen-bond acceptors (Lipinski definition) is 7. The quantitative estimate of drug-likeness (QED) is 0.550. The van der Waals surface area contributed by atoms with Gasteiger partial charge in [-0.15, -0.1) is 5.23 Å². The van der Waals surface area contributed by atoms with Crippen LogP contribution in [0.3, 0.4) is 0 Å². The Labute approximate surface area is 205 Å². The Bertz CT molecular complexity index is 1290. The van der Waals surface area contributed by atoms with Crippen molar-refractivity contribution < 1.29 is 24.3 Å². The van der Waals surface area contributed by atoms with Gasteiger partial charge in [-0.1, -0.05) is 42.4 Å². The summed E-state index contributed by atoms with van der Waals surface area (Å²) in [6.45, 7) is 10.7. The van der Waals surface area contributed by atoms with Gasteiger partial charge in [0.05, 0.1) is 25.0 Å². The van der Waals surface area contributed by atoms with Gasteiger partial charge in [0.2, 0.25) is 0 Å². The summed E-state index contributed by atoms with van der Waals surface area (Å²) < 4.78 is 17.8. The monoisotopic (exact) mass is 479 g/mol. The van der Waals surface area contributed by atoms with Crippen LogP contribution in [0.15, 0.2) is 56.8 Å². The van der Waals surface area contributed by atoms with Gasteiger partial charge in [-0.2, -0.15) is 0 Å². The van der Waals surface area contributed by atoms with E-state index in [4.69, 9.17) is 13.9 Å². The largest absolute Gasteiger partial charge is 0.468 e. The van der Waals surface area contributed by atoms with Crippen molar-refractivity contribution in [3.63, 3.8) is 0 Å². The van der Waals surface area contributed by atoms with Crippen LogP contribution in [0.4, 0.5) is 5.69 Å². The summed E-state index contributed by atoms with van der Waals surface area (Å²) in [5.74, 6) is 1.19. The Morgan fingerprint density at radius 3 is 2.37 bits per heavy atom. The van der Waals surface area contributed by atoms with Crippen molar-refractivity contribution in [2.45, 2.75) is 53.1 Å². The first kappa shape index (κ1) is 23.9. The normalized spacial score (nSPS) is 31.5. The van der Waals surface area contributed by atoms with E-state index in [0.29, 0.717) is 35.6 Å². The summed E-state index contributed by atoms with van der Waals surface area (Å²) in [4.78, 5) is 12.9. The molecule has 2 heterocycles. The number of methoxy groups -OCH3 is 1. The van der Waals surface area contributed by atoms with Gasteiger partial charge in [-0.05, 0) is 57.7 Å². The maximum atomic E-state index is 12.9. The molecule has 1 aliphatic heterocycles. The second-order valence-corrected chi connectivity index (χ2v) is 10.7. The Hall–Kier alpha value is -2.87. The first-order valence-corrected chi connectivity index (χ1v) is 12.0. The molecule has 5 rings (SSSR count). The fourth-order valence-electron chi connectivity index (χ4n) is 7.58. The van der Waals surface area contributed by atoms with Crippen molar-refractivity contribution in [3.05, 3.63) is 80.2 Å². The molecule has 0 bridgehead atoms. The number of hydrogen-bond donors (Lipinski definition) is 2. The fraction of sp³-hybridized carbons (Fsp3) is 0.464. The van der Waals surface area contributed by atoms with E-state index in [1.54, 1.807) is 26.0 Å². The third-order valence-corrected chi connectivity index (χ3v) is 8.46. The number of anilines is 1. The molecule has 1 spiro atoms. The molecule has 1 saturated heterocycles. The Morgan fingerprint density at radius 2 is 1.74 bits per heavy atom. The highest BCUT2D eigenvalue weighted by molar-refractivity contribution is 5.50. The molecule has 7 heteroatoms. The minimum atomic E-state index is -0.353. The number of ether oxygens (including phenoxy) is 2. The van der Waals surface area contributed by atoms with E-state index in [0.717, 1.165) is 5.56 Å². The Kier molecular flexibility index (Phi) is 5.51. The molecule has 2 N–H and O–H groups in total. The Morgan fingerprint density at radius 1 is 1.06 bits per heavy atom. The number of allylic oxidation sites excluding steroid dienone is 4. The lowest BCUT2D eigenvalue weighted by Crippen LogP contribution is -2.62. The average molecular weight is 480 g/mol. The standard InChI is InChI=1S/C28H33NO6/c1-15-11-16(2)24-27(5,12-15)25(19-7-9-20(10-8-19)29(31)32)28(24)13-21(34-14-28)23-17(3)22(30)18(4)26(33-6)35-23/h7-12,21,24-25,31-32H,13-14H2,1-6H3. The number of fused-ring (bicyclic) bond motifs is 2. The van der Waals surface area contributed by atoms with Crippen LogP contribution < -0.4 is 15.4 Å². The molecule has 7 nitrogen and oxygen atoms in total. The van der Waals surface area contributed by atoms with Gasteiger partial charge < -0.3 is 13.9 Å². The highest BCUT2D eigenvalue weighted by atomic mass is 16.8. The minimum Gasteiger partial charge on any atom is -0.468 e. The van der Waals surface area contributed by atoms with Gasteiger partial charge in [0.15, 0.2) is 5.43 Å². The minimum absolute atomic E-state index is 0.0805. The lowest BCUT2D eigenvalue weighted by Gasteiger charge is -2.67. The van der Waals surface area contributed by atoms with Gasteiger partial charge in [-0.3, -0.25) is 15.2 Å². The molecule has 0 radical (unpaired) electrons. The summed E-state index contributed by atoms with van der Waals surface area (Å²) in [5.41, 5.74) is 4.65. The predicted molar refractivity (Wildman–Crippen MR) is 131 cm³/mol. The second kappa shape index (κ2) is 8.08. The van der Waals surface area contributed by atoms with Gasteiger partial charge in [0.1, 0.15) is 11.9 Å². The van der Waals surface area contributed by atoms with E-state index in [2.05, 4.69) is 32.9 Å². The van der Waals surface area contributed by atoms with Gasteiger partial charge in [0.25, 0.3) is 5.95 Å². The molecule has 0 amide bonds. The van der Waals surface area contributed by atoms with Crippen molar-refractivity contribution in [2.75, 3.05) is 18.9 Å². The molecule has 2 fully saturated rings. The summed E-state index contributed by atoms with van der Waals surface area (Å²) in [6.07, 6.45) is 4.98. The zero-order valence-corrected chi connectivity index (χ0v) is 21.1. The van der Waals surface area contributed by atoms with Gasteiger partial charge >= 0.3 is 0 Å². The summed E-state index contributed by atoms with van der Waals surface area (Å²) in [7, 11) is 1.50. The molecular formula is C28H33NO6. The number of rotatable bonds is 4. The molecule has 3 aliphatic rings. The zero-order chi connectivity index (χ0) is 25.3. The topological polar surface area (TPSA) is 92.4 Å². The van der Waals surface area contributed by atoms with Crippen LogP contribution in [0.25, 0.3) is 0 Å². The van der Waals surface area contributed by atoms with Crippen LogP contribution in [-0.4, -0.2) is 24.1 Å². The first-order valence-electron chi connectivity index (χ1n) is 12.0. The lowest BCUT2D eigenvalue weighted by molar-refractivity contribution is -0.101. The van der Waals surface area contributed by atoms with Crippen LogP contribution in [0, 0.1) is 30.6 Å². The molecule has 1 aromatic heterocycles. The summed E-state index contributed by atoms with van der Waals surface area (Å²) in [5, 5.41) is 19.0. The van der Waals surface area contributed by atoms with Crippen molar-refractivity contribution in [1.29, 1.82) is 0 Å². The van der Waals surface area contributed by atoms with Gasteiger partial charge in [-0.25, -0.2) is 0 Å². The molecular weight excluding hydrogens is 446 g/mol. The van der Waals surface area contributed by atoms with E-state index in [1.165, 1.54) is 18.3 Å². The molecule has 186 valence electrons. The highest BCUT2D eigenvalue weighted by Crippen LogP contribution is 2.76. The molecule has 2 aliphatic carbocycles. The molecule has 35 heavy (non-hydrogen) atoms. The number of nitrogens with zero attached hydrogens (tertiary/aromatic N) is 1. The lowest BCUT2D eigenvalue weighted by atomic mass is 9.35. The molecule has 2 aromatic rings. The maximum absolute atomic E-state index is 12.9. The van der Waals surface area contributed by atoms with Crippen LogP contribution in [0.1, 0.15) is 61.7 Å². The van der Waals surface area contributed by atoms with E-state index in [9.17, 15) is 15.2 Å². The average Bonchev–Trinajstić information content (AvgIpc) is 3.23. The first-order chi connectivity index (χ1) is 16.5. The van der Waals surface area contributed by atoms with Crippen LogP contribution >= 0.6 is 0 Å². The van der Waals surface area contributed by atoms with Crippen LogP contribution in [0.2, 0.25) is 0 Å². The van der Waals surface area contributed by atoms with Crippen molar-refractivity contribution in [3.8, 4) is 5.95 Å². The smallest absolute Gasteiger partial charge is 0.291 e.